The second kappa shape index (κ2) is 7.34. The Morgan fingerprint density at radius 3 is 2.56 bits per heavy atom. The number of nitrogens with one attached hydrogen (secondary N) is 1. The van der Waals surface area contributed by atoms with Crippen molar-refractivity contribution in [2.24, 2.45) is 0 Å². The van der Waals surface area contributed by atoms with Gasteiger partial charge < -0.3 is 15.1 Å². The molecule has 6 nitrogen and oxygen atoms in total. The quantitative estimate of drug-likeness (QED) is 0.868. The van der Waals surface area contributed by atoms with Crippen LogP contribution < -0.4 is 10.2 Å². The molecule has 6 heteroatoms. The molecule has 25 heavy (non-hydrogen) atoms. The Hall–Kier alpha value is -2.89. The number of hydrogen-bond acceptors (Lipinski definition) is 4. The van der Waals surface area contributed by atoms with Gasteiger partial charge in [-0.3, -0.25) is 14.6 Å². The molecule has 0 radical (unpaired) electrons. The Balaban J connectivity index is 1.72. The predicted molar refractivity (Wildman–Crippen MR) is 98.0 cm³/mol. The molecule has 1 fully saturated rings. The minimum Gasteiger partial charge on any atom is -0.368 e. The van der Waals surface area contributed by atoms with Crippen molar-refractivity contribution in [3.63, 3.8) is 0 Å². The van der Waals surface area contributed by atoms with E-state index in [2.05, 4.69) is 15.2 Å². The molecule has 0 unspecified atom stereocenters. The lowest BCUT2D eigenvalue weighted by Crippen LogP contribution is -2.45. The minimum atomic E-state index is -0.222. The summed E-state index contributed by atoms with van der Waals surface area (Å²) in [5, 5.41) is 2.93. The van der Waals surface area contributed by atoms with Crippen LogP contribution in [0.5, 0.6) is 0 Å². The molecule has 0 atom stereocenters. The summed E-state index contributed by atoms with van der Waals surface area (Å²) in [6.45, 7) is 6.88. The van der Waals surface area contributed by atoms with Gasteiger partial charge in [0.15, 0.2) is 0 Å². The highest BCUT2D eigenvalue weighted by Gasteiger charge is 2.17. The Kier molecular flexibility index (Phi) is 4.97. The molecule has 0 aliphatic carbocycles. The van der Waals surface area contributed by atoms with Gasteiger partial charge in [0, 0.05) is 43.8 Å². The van der Waals surface area contributed by atoms with Crippen molar-refractivity contribution in [2.45, 2.75) is 13.8 Å². The number of piperazine rings is 1. The fraction of sp³-hybridized carbons (Fsp3) is 0.316. The second-order valence-electron chi connectivity index (χ2n) is 6.30. The summed E-state index contributed by atoms with van der Waals surface area (Å²) in [7, 11) is 0. The lowest BCUT2D eigenvalue weighted by Gasteiger charge is -2.34. The van der Waals surface area contributed by atoms with Gasteiger partial charge in [0.2, 0.25) is 6.41 Å². The highest BCUT2D eigenvalue weighted by atomic mass is 16.2. The van der Waals surface area contributed by atoms with Crippen molar-refractivity contribution >= 4 is 23.7 Å². The summed E-state index contributed by atoms with van der Waals surface area (Å²) in [6.07, 6.45) is 2.53. The van der Waals surface area contributed by atoms with E-state index in [1.54, 1.807) is 17.2 Å². The van der Waals surface area contributed by atoms with E-state index < -0.39 is 0 Å². The Labute approximate surface area is 147 Å². The van der Waals surface area contributed by atoms with E-state index in [-0.39, 0.29) is 5.91 Å². The Morgan fingerprint density at radius 2 is 1.88 bits per heavy atom. The lowest BCUT2D eigenvalue weighted by atomic mass is 10.1. The zero-order chi connectivity index (χ0) is 17.8. The van der Waals surface area contributed by atoms with Crippen LogP contribution in [0.15, 0.2) is 36.5 Å². The molecule has 3 rings (SSSR count). The zero-order valence-electron chi connectivity index (χ0n) is 14.5. The van der Waals surface area contributed by atoms with Crippen molar-refractivity contribution in [2.75, 3.05) is 36.4 Å². The summed E-state index contributed by atoms with van der Waals surface area (Å²) >= 11 is 0. The number of anilines is 2. The molecular weight excluding hydrogens is 316 g/mol. The number of hydrogen-bond donors (Lipinski definition) is 1. The number of amides is 2. The van der Waals surface area contributed by atoms with E-state index >= 15 is 0 Å². The van der Waals surface area contributed by atoms with Crippen molar-refractivity contribution < 1.29 is 9.59 Å². The molecule has 0 saturated carbocycles. The first-order valence-electron chi connectivity index (χ1n) is 8.36. The zero-order valence-corrected chi connectivity index (χ0v) is 14.5. The third-order valence-corrected chi connectivity index (χ3v) is 4.43. The normalized spacial score (nSPS) is 14.3. The molecule has 1 aliphatic heterocycles. The maximum absolute atomic E-state index is 12.5. The highest BCUT2D eigenvalue weighted by molar-refractivity contribution is 6.03. The molecule has 2 heterocycles. The van der Waals surface area contributed by atoms with E-state index in [0.717, 1.165) is 42.0 Å². The molecule has 1 aromatic carbocycles. The van der Waals surface area contributed by atoms with Gasteiger partial charge in [-0.15, -0.1) is 0 Å². The van der Waals surface area contributed by atoms with Crippen LogP contribution in [0.1, 0.15) is 21.6 Å². The van der Waals surface area contributed by atoms with Gasteiger partial charge in [0.1, 0.15) is 5.69 Å². The number of carbonyl (C=O) groups is 2. The lowest BCUT2D eigenvalue weighted by molar-refractivity contribution is -0.118. The van der Waals surface area contributed by atoms with Gasteiger partial charge in [-0.1, -0.05) is 17.7 Å². The number of aromatic nitrogens is 1. The molecule has 2 aromatic rings. The Bertz CT molecular complexity index is 783. The van der Waals surface area contributed by atoms with Crippen LogP contribution in [0.3, 0.4) is 0 Å². The maximum Gasteiger partial charge on any atom is 0.274 e. The van der Waals surface area contributed by atoms with Gasteiger partial charge in [-0.25, -0.2) is 0 Å². The standard InChI is InChI=1S/C19H22N4O2/c1-14-3-4-17(15(2)11-14)21-19(25)18-12-16(5-6-20-18)23-9-7-22(13-24)8-10-23/h3-6,11-13H,7-10H2,1-2H3,(H,21,25). The van der Waals surface area contributed by atoms with Gasteiger partial charge in [-0.05, 0) is 37.6 Å². The van der Waals surface area contributed by atoms with Crippen LogP contribution in [0, 0.1) is 13.8 Å². The van der Waals surface area contributed by atoms with Crippen LogP contribution >= 0.6 is 0 Å². The first kappa shape index (κ1) is 17.0. The average molecular weight is 338 g/mol. The largest absolute Gasteiger partial charge is 0.368 e. The monoisotopic (exact) mass is 338 g/mol. The molecule has 1 aliphatic rings. The molecular formula is C19H22N4O2. The molecule has 1 N–H and O–H groups in total. The molecule has 2 amide bonds. The Morgan fingerprint density at radius 1 is 1.12 bits per heavy atom. The van der Waals surface area contributed by atoms with Gasteiger partial charge >= 0.3 is 0 Å². The van der Waals surface area contributed by atoms with Crippen LogP contribution in [-0.4, -0.2) is 48.4 Å². The number of rotatable bonds is 4. The SMILES string of the molecule is Cc1ccc(NC(=O)c2cc(N3CCN(C=O)CC3)ccn2)c(C)c1. The van der Waals surface area contributed by atoms with Gasteiger partial charge in [0.05, 0.1) is 0 Å². The third-order valence-electron chi connectivity index (χ3n) is 4.43. The summed E-state index contributed by atoms with van der Waals surface area (Å²) < 4.78 is 0. The minimum absolute atomic E-state index is 0.222. The van der Waals surface area contributed by atoms with Crippen molar-refractivity contribution in [1.29, 1.82) is 0 Å². The molecule has 1 aromatic heterocycles. The van der Waals surface area contributed by atoms with Crippen molar-refractivity contribution in [1.82, 2.24) is 9.88 Å². The van der Waals surface area contributed by atoms with Crippen LogP contribution in [0.4, 0.5) is 11.4 Å². The topological polar surface area (TPSA) is 65.5 Å². The van der Waals surface area contributed by atoms with Crippen LogP contribution in [0.2, 0.25) is 0 Å². The summed E-state index contributed by atoms with van der Waals surface area (Å²) in [6, 6.07) is 9.61. The van der Waals surface area contributed by atoms with E-state index in [0.29, 0.717) is 18.8 Å². The summed E-state index contributed by atoms with van der Waals surface area (Å²) in [5.74, 6) is -0.222. The molecule has 130 valence electrons. The fourth-order valence-corrected chi connectivity index (χ4v) is 2.97. The number of pyridine rings is 1. The van der Waals surface area contributed by atoms with Crippen LogP contribution in [0.25, 0.3) is 0 Å². The smallest absolute Gasteiger partial charge is 0.274 e. The summed E-state index contributed by atoms with van der Waals surface area (Å²) in [4.78, 5) is 31.5. The number of benzene rings is 1. The fourth-order valence-electron chi connectivity index (χ4n) is 2.97. The van der Waals surface area contributed by atoms with Gasteiger partial charge in [-0.2, -0.15) is 0 Å². The van der Waals surface area contributed by atoms with E-state index in [1.165, 1.54) is 0 Å². The number of nitrogens with zero attached hydrogens (tertiary/aromatic N) is 3. The highest BCUT2D eigenvalue weighted by Crippen LogP contribution is 2.19. The van der Waals surface area contributed by atoms with E-state index in [4.69, 9.17) is 0 Å². The predicted octanol–water partition coefficient (Wildman–Crippen LogP) is 2.23. The van der Waals surface area contributed by atoms with Crippen molar-refractivity contribution in [3.05, 3.63) is 53.3 Å². The number of aryl methyl sites for hydroxylation is 2. The first-order valence-corrected chi connectivity index (χ1v) is 8.36. The maximum atomic E-state index is 12.5. The molecule has 0 spiro atoms. The second-order valence-corrected chi connectivity index (χ2v) is 6.30. The average Bonchev–Trinajstić information content (AvgIpc) is 2.64. The third kappa shape index (κ3) is 3.96. The summed E-state index contributed by atoms with van der Waals surface area (Å²) in [5.41, 5.74) is 4.31. The van der Waals surface area contributed by atoms with E-state index in [9.17, 15) is 9.59 Å². The van der Waals surface area contributed by atoms with Crippen LogP contribution in [-0.2, 0) is 4.79 Å². The van der Waals surface area contributed by atoms with Crippen molar-refractivity contribution in [3.8, 4) is 0 Å². The number of carbonyl (C=O) groups excluding carboxylic acids is 2. The first-order chi connectivity index (χ1) is 12.1. The molecule has 1 saturated heterocycles. The van der Waals surface area contributed by atoms with E-state index in [1.807, 2.05) is 38.1 Å². The molecule has 0 bridgehead atoms. The van der Waals surface area contributed by atoms with Gasteiger partial charge in [0.25, 0.3) is 5.91 Å².